The van der Waals surface area contributed by atoms with Gasteiger partial charge in [0.05, 0.1) is 25.3 Å². The lowest BCUT2D eigenvalue weighted by molar-refractivity contribution is -0.143. The SMILES string of the molecule is COC(=O)C(Cc1ccc(N)cc1)NC(=O)OCC1c2ccccc2-c2ccccc21.COC(=O)C(N)Cc1ccc(NC(=O)c2ccnc3ccccc23)cc1. The monoisotopic (exact) mass is 765 g/mol. The van der Waals surface area contributed by atoms with Crippen LogP contribution in [-0.4, -0.2) is 61.8 Å². The Morgan fingerprint density at radius 2 is 1.28 bits per heavy atom. The zero-order valence-electron chi connectivity index (χ0n) is 31.5. The van der Waals surface area contributed by atoms with E-state index in [0.717, 1.165) is 44.3 Å². The number of hydrogen-bond acceptors (Lipinski definition) is 10. The summed E-state index contributed by atoms with van der Waals surface area (Å²) >= 11 is 0. The van der Waals surface area contributed by atoms with Gasteiger partial charge in [0.2, 0.25) is 0 Å². The van der Waals surface area contributed by atoms with Gasteiger partial charge in [-0.05, 0) is 76.2 Å². The number of amides is 2. The Morgan fingerprint density at radius 3 is 1.93 bits per heavy atom. The minimum atomic E-state index is -0.857. The van der Waals surface area contributed by atoms with Crippen LogP contribution in [0.4, 0.5) is 16.2 Å². The van der Waals surface area contributed by atoms with Crippen molar-refractivity contribution in [2.24, 2.45) is 5.73 Å². The van der Waals surface area contributed by atoms with Crippen LogP contribution >= 0.6 is 0 Å². The van der Waals surface area contributed by atoms with E-state index in [4.69, 9.17) is 20.9 Å². The van der Waals surface area contributed by atoms with Crippen LogP contribution in [-0.2, 0) is 36.6 Å². The summed E-state index contributed by atoms with van der Waals surface area (Å²) in [6, 6.07) is 38.2. The van der Waals surface area contributed by atoms with Gasteiger partial charge in [-0.15, -0.1) is 0 Å². The molecule has 12 nitrogen and oxygen atoms in total. The molecule has 2 unspecified atom stereocenters. The molecular formula is C45H43N5O7. The maximum atomic E-state index is 12.6. The van der Waals surface area contributed by atoms with E-state index in [1.807, 2.05) is 72.8 Å². The standard InChI is InChI=1S/C25H24N2O4.C20H19N3O3/c1-30-24(28)23(14-16-10-12-17(26)13-11-16)27-25(29)31-15-22-20-8-4-2-6-18(20)19-7-3-5-9-21(19)22;1-26-20(25)17(21)12-13-6-8-14(9-7-13)23-19(24)16-10-11-22-18-5-3-2-4-15(16)18/h2-13,22-23H,14-15,26H2,1H3,(H,27,29);2-11,17H,12,21H2,1H3,(H,23,24). The first kappa shape index (κ1) is 39.6. The van der Waals surface area contributed by atoms with Gasteiger partial charge in [-0.1, -0.05) is 91.0 Å². The number of anilines is 2. The van der Waals surface area contributed by atoms with Gasteiger partial charge in [0.25, 0.3) is 5.91 Å². The van der Waals surface area contributed by atoms with Crippen LogP contribution in [0.2, 0.25) is 0 Å². The number of benzene rings is 5. The molecule has 2 atom stereocenters. The van der Waals surface area contributed by atoms with E-state index < -0.39 is 30.1 Å². The predicted molar refractivity (Wildman–Crippen MR) is 218 cm³/mol. The van der Waals surface area contributed by atoms with Crippen LogP contribution in [0.15, 0.2) is 134 Å². The van der Waals surface area contributed by atoms with Crippen LogP contribution in [0.3, 0.4) is 0 Å². The number of nitrogen functional groups attached to an aromatic ring is 1. The number of para-hydroxylation sites is 1. The molecule has 290 valence electrons. The molecule has 6 aromatic rings. The average molecular weight is 766 g/mol. The van der Waals surface area contributed by atoms with Gasteiger partial charge in [-0.3, -0.25) is 14.6 Å². The molecular weight excluding hydrogens is 723 g/mol. The van der Waals surface area contributed by atoms with E-state index in [1.165, 1.54) is 14.2 Å². The molecule has 6 N–H and O–H groups in total. The number of methoxy groups -OCH3 is 2. The Labute approximate surface area is 330 Å². The van der Waals surface area contributed by atoms with Gasteiger partial charge in [-0.2, -0.15) is 0 Å². The number of nitrogens with zero attached hydrogens (tertiary/aromatic N) is 1. The number of alkyl carbamates (subject to hydrolysis) is 1. The van der Waals surface area contributed by atoms with Crippen LogP contribution in [0.25, 0.3) is 22.0 Å². The summed E-state index contributed by atoms with van der Waals surface area (Å²) in [5.41, 5.74) is 20.4. The molecule has 7 rings (SSSR count). The van der Waals surface area contributed by atoms with Crippen molar-refractivity contribution in [1.82, 2.24) is 10.3 Å². The number of hydrogen-bond donors (Lipinski definition) is 4. The summed E-state index contributed by atoms with van der Waals surface area (Å²) in [5, 5.41) is 6.31. The third-order valence-electron chi connectivity index (χ3n) is 9.61. The number of carbonyl (C=O) groups is 4. The van der Waals surface area contributed by atoms with Crippen LogP contribution in [0.5, 0.6) is 0 Å². The smallest absolute Gasteiger partial charge is 0.407 e. The second kappa shape index (κ2) is 18.5. The van der Waals surface area contributed by atoms with Crippen molar-refractivity contribution < 1.29 is 33.4 Å². The highest BCUT2D eigenvalue weighted by atomic mass is 16.6. The summed E-state index contributed by atoms with van der Waals surface area (Å²) < 4.78 is 15.0. The molecule has 0 spiro atoms. The Kier molecular flexibility index (Phi) is 12.9. The van der Waals surface area contributed by atoms with Gasteiger partial charge in [0, 0.05) is 35.3 Å². The van der Waals surface area contributed by atoms with Gasteiger partial charge in [-0.25, -0.2) is 9.59 Å². The summed E-state index contributed by atoms with van der Waals surface area (Å²) in [6.07, 6.45) is 1.61. The summed E-state index contributed by atoms with van der Waals surface area (Å²) in [5.74, 6) is -1.24. The molecule has 0 saturated heterocycles. The van der Waals surface area contributed by atoms with Crippen molar-refractivity contribution in [3.8, 4) is 11.1 Å². The maximum Gasteiger partial charge on any atom is 0.407 e. The number of fused-ring (bicyclic) bond motifs is 4. The first-order valence-corrected chi connectivity index (χ1v) is 18.3. The first-order chi connectivity index (χ1) is 27.6. The van der Waals surface area contributed by atoms with Gasteiger partial charge >= 0.3 is 18.0 Å². The zero-order chi connectivity index (χ0) is 40.3. The van der Waals surface area contributed by atoms with Crippen molar-refractivity contribution >= 4 is 46.2 Å². The van der Waals surface area contributed by atoms with Gasteiger partial charge < -0.3 is 36.3 Å². The Balaban J connectivity index is 0.000000196. The Bertz CT molecular complexity index is 2320. The molecule has 0 saturated carbocycles. The largest absolute Gasteiger partial charge is 0.468 e. The molecule has 0 radical (unpaired) electrons. The summed E-state index contributed by atoms with van der Waals surface area (Å²) in [6.45, 7) is 0.176. The van der Waals surface area contributed by atoms with Crippen molar-refractivity contribution in [3.05, 3.63) is 161 Å². The number of nitrogens with two attached hydrogens (primary N) is 2. The highest BCUT2D eigenvalue weighted by Gasteiger charge is 2.30. The fourth-order valence-corrected chi connectivity index (χ4v) is 6.71. The molecule has 5 aromatic carbocycles. The Morgan fingerprint density at radius 1 is 0.702 bits per heavy atom. The normalized spacial score (nSPS) is 12.5. The number of nitrogens with one attached hydrogen (secondary N) is 2. The molecule has 0 bridgehead atoms. The van der Waals surface area contributed by atoms with E-state index in [1.54, 1.807) is 36.5 Å². The molecule has 2 amide bonds. The number of rotatable bonds is 11. The minimum absolute atomic E-state index is 0.0492. The van der Waals surface area contributed by atoms with Gasteiger partial charge in [0.1, 0.15) is 18.7 Å². The summed E-state index contributed by atoms with van der Waals surface area (Å²) in [4.78, 5) is 53.0. The third kappa shape index (κ3) is 9.80. The van der Waals surface area contributed by atoms with E-state index in [2.05, 4.69) is 44.6 Å². The lowest BCUT2D eigenvalue weighted by Gasteiger charge is -2.18. The number of carbonyl (C=O) groups excluding carboxylic acids is 4. The van der Waals surface area contributed by atoms with E-state index in [-0.39, 0.29) is 24.9 Å². The van der Waals surface area contributed by atoms with Crippen LogP contribution < -0.4 is 22.1 Å². The molecule has 1 aliphatic rings. The fraction of sp³-hybridized carbons (Fsp3) is 0.178. The zero-order valence-corrected chi connectivity index (χ0v) is 31.5. The number of pyridine rings is 1. The highest BCUT2D eigenvalue weighted by Crippen LogP contribution is 2.44. The van der Waals surface area contributed by atoms with Crippen molar-refractivity contribution in [3.63, 3.8) is 0 Å². The van der Waals surface area contributed by atoms with E-state index >= 15 is 0 Å². The first-order valence-electron chi connectivity index (χ1n) is 18.3. The number of ether oxygens (including phenoxy) is 3. The Hall–Kier alpha value is -7.05. The van der Waals surface area contributed by atoms with E-state index in [0.29, 0.717) is 23.4 Å². The molecule has 57 heavy (non-hydrogen) atoms. The van der Waals surface area contributed by atoms with Crippen molar-refractivity contribution in [2.75, 3.05) is 31.9 Å². The van der Waals surface area contributed by atoms with Crippen LogP contribution in [0.1, 0.15) is 38.5 Å². The van der Waals surface area contributed by atoms with Crippen molar-refractivity contribution in [1.29, 1.82) is 0 Å². The third-order valence-corrected chi connectivity index (χ3v) is 9.61. The number of aromatic nitrogens is 1. The lowest BCUT2D eigenvalue weighted by atomic mass is 9.98. The quantitative estimate of drug-likeness (QED) is 0.0652. The average Bonchev–Trinajstić information content (AvgIpc) is 3.56. The maximum absolute atomic E-state index is 12.6. The highest BCUT2D eigenvalue weighted by molar-refractivity contribution is 6.12. The molecule has 0 aliphatic heterocycles. The van der Waals surface area contributed by atoms with Crippen LogP contribution in [0, 0.1) is 0 Å². The predicted octanol–water partition coefficient (Wildman–Crippen LogP) is 6.42. The topological polar surface area (TPSA) is 185 Å². The van der Waals surface area contributed by atoms with Crippen molar-refractivity contribution in [2.45, 2.75) is 30.8 Å². The lowest BCUT2D eigenvalue weighted by Crippen LogP contribution is -2.43. The fourth-order valence-electron chi connectivity index (χ4n) is 6.71. The molecule has 1 heterocycles. The number of esters is 2. The summed E-state index contributed by atoms with van der Waals surface area (Å²) in [7, 11) is 2.60. The van der Waals surface area contributed by atoms with Gasteiger partial charge in [0.15, 0.2) is 0 Å². The minimum Gasteiger partial charge on any atom is -0.468 e. The molecule has 0 fully saturated rings. The molecule has 1 aromatic heterocycles. The molecule has 1 aliphatic carbocycles. The molecule has 12 heteroatoms. The second-order valence-electron chi connectivity index (χ2n) is 13.4. The van der Waals surface area contributed by atoms with E-state index in [9.17, 15) is 19.2 Å². The second-order valence-corrected chi connectivity index (χ2v) is 13.4.